The molecule has 0 radical (unpaired) electrons. The van der Waals surface area contributed by atoms with Crippen LogP contribution in [0.3, 0.4) is 0 Å². The third-order valence-electron chi connectivity index (χ3n) is 11.1. The Kier molecular flexibility index (Phi) is 7.22. The summed E-state index contributed by atoms with van der Waals surface area (Å²) in [6.45, 7) is 37.9. The topological polar surface area (TPSA) is 12.0 Å². The van der Waals surface area contributed by atoms with Crippen LogP contribution in [0.2, 0.25) is 0 Å². The van der Waals surface area contributed by atoms with E-state index >= 15 is 0 Å². The van der Waals surface area contributed by atoms with E-state index in [9.17, 15) is 0 Å². The SMILES string of the molecule is CC(C)(C)c1cc2c(c(C(C)(C)C)c1)C(C)(C)c1cc(Nc3ccc4c(c3)C(C)(C)c3c-4cc(C(C)(C)C)cc3C(C)(C)C)ccc1-2. The van der Waals surface area contributed by atoms with Crippen molar-refractivity contribution >= 4 is 11.4 Å². The highest BCUT2D eigenvalue weighted by molar-refractivity contribution is 5.87. The van der Waals surface area contributed by atoms with E-state index in [1.54, 1.807) is 0 Å². The summed E-state index contributed by atoms with van der Waals surface area (Å²) in [6.07, 6.45) is 0. The first-order valence-electron chi connectivity index (χ1n) is 17.8. The summed E-state index contributed by atoms with van der Waals surface area (Å²) in [5.74, 6) is 0. The third kappa shape index (κ3) is 5.37. The molecule has 0 fully saturated rings. The molecule has 4 aromatic carbocycles. The normalized spacial score (nSPS) is 16.4. The van der Waals surface area contributed by atoms with E-state index in [0.717, 1.165) is 11.4 Å². The highest BCUT2D eigenvalue weighted by Crippen LogP contribution is 2.56. The summed E-state index contributed by atoms with van der Waals surface area (Å²) in [7, 11) is 0. The molecule has 6 rings (SSSR count). The van der Waals surface area contributed by atoms with Gasteiger partial charge in [0.2, 0.25) is 0 Å². The number of fused-ring (bicyclic) bond motifs is 6. The fraction of sp³-hybridized carbons (Fsp3) is 0.478. The molecule has 0 amide bonds. The molecule has 0 aliphatic heterocycles. The Morgan fingerprint density at radius 2 is 0.745 bits per heavy atom. The maximum atomic E-state index is 3.85. The van der Waals surface area contributed by atoms with Crippen LogP contribution < -0.4 is 5.32 Å². The van der Waals surface area contributed by atoms with Crippen LogP contribution in [-0.2, 0) is 32.5 Å². The van der Waals surface area contributed by atoms with Crippen LogP contribution in [0.5, 0.6) is 0 Å². The molecule has 2 aliphatic carbocycles. The lowest BCUT2D eigenvalue weighted by atomic mass is 9.71. The molecule has 1 nitrogen and oxygen atoms in total. The largest absolute Gasteiger partial charge is 0.356 e. The van der Waals surface area contributed by atoms with Crippen molar-refractivity contribution in [1.29, 1.82) is 0 Å². The molecular weight excluding hydrogens is 567 g/mol. The summed E-state index contributed by atoms with van der Waals surface area (Å²) >= 11 is 0. The van der Waals surface area contributed by atoms with Gasteiger partial charge >= 0.3 is 0 Å². The molecule has 0 heterocycles. The Labute approximate surface area is 286 Å². The minimum atomic E-state index is -0.0862. The van der Waals surface area contributed by atoms with Gasteiger partial charge in [0.1, 0.15) is 0 Å². The maximum Gasteiger partial charge on any atom is 0.0387 e. The van der Waals surface area contributed by atoms with Gasteiger partial charge in [0, 0.05) is 22.2 Å². The van der Waals surface area contributed by atoms with Crippen molar-refractivity contribution in [2.24, 2.45) is 0 Å². The fourth-order valence-electron chi connectivity index (χ4n) is 8.29. The molecule has 0 aromatic heterocycles. The zero-order chi connectivity index (χ0) is 34.9. The van der Waals surface area contributed by atoms with Gasteiger partial charge in [0.25, 0.3) is 0 Å². The van der Waals surface area contributed by atoms with Crippen molar-refractivity contribution in [2.45, 2.75) is 143 Å². The number of hydrogen-bond acceptors (Lipinski definition) is 1. The van der Waals surface area contributed by atoms with Gasteiger partial charge in [0.15, 0.2) is 0 Å². The molecule has 0 bridgehead atoms. The second-order valence-electron chi connectivity index (χ2n) is 19.8. The van der Waals surface area contributed by atoms with Crippen molar-refractivity contribution in [3.05, 3.63) is 105 Å². The monoisotopic (exact) mass is 625 g/mol. The molecule has 47 heavy (non-hydrogen) atoms. The molecule has 2 aliphatic rings. The minimum Gasteiger partial charge on any atom is -0.356 e. The van der Waals surface area contributed by atoms with Crippen molar-refractivity contribution in [3.8, 4) is 22.3 Å². The standard InChI is InChI=1S/C46H59N/c1-41(2,3)27-21-33-31-19-17-29(25-35(31)45(13,14)39(33)37(23-27)43(7,8)9)47-30-18-20-32-34-22-28(42(4,5)6)24-38(44(10,11)12)40(34)46(15,16)36(32)26-30/h17-26,47H,1-16H3. The summed E-state index contributed by atoms with van der Waals surface area (Å²) in [4.78, 5) is 0. The van der Waals surface area contributed by atoms with Crippen molar-refractivity contribution in [1.82, 2.24) is 0 Å². The second kappa shape index (κ2) is 10.1. The van der Waals surface area contributed by atoms with Crippen LogP contribution in [0.4, 0.5) is 11.4 Å². The van der Waals surface area contributed by atoms with E-state index in [2.05, 4.69) is 177 Å². The lowest BCUT2D eigenvalue weighted by molar-refractivity contribution is 0.545. The van der Waals surface area contributed by atoms with Crippen molar-refractivity contribution in [3.63, 3.8) is 0 Å². The Bertz CT molecular complexity index is 1780. The Morgan fingerprint density at radius 3 is 1.04 bits per heavy atom. The second-order valence-corrected chi connectivity index (χ2v) is 19.8. The van der Waals surface area contributed by atoms with E-state index in [-0.39, 0.29) is 32.5 Å². The number of hydrogen-bond donors (Lipinski definition) is 1. The number of rotatable bonds is 2. The highest BCUT2D eigenvalue weighted by atomic mass is 14.9. The zero-order valence-electron chi connectivity index (χ0n) is 32.3. The van der Waals surface area contributed by atoms with Gasteiger partial charge in [-0.3, -0.25) is 0 Å². The quantitative estimate of drug-likeness (QED) is 0.234. The lowest BCUT2D eigenvalue weighted by Crippen LogP contribution is -2.24. The van der Waals surface area contributed by atoms with E-state index < -0.39 is 0 Å². The Hall–Kier alpha value is -3.32. The summed E-state index contributed by atoms with van der Waals surface area (Å²) in [6, 6.07) is 24.1. The fourth-order valence-corrected chi connectivity index (χ4v) is 8.29. The van der Waals surface area contributed by atoms with Crippen molar-refractivity contribution < 1.29 is 0 Å². The molecule has 0 atom stereocenters. The van der Waals surface area contributed by atoms with Gasteiger partial charge in [-0.1, -0.05) is 147 Å². The van der Waals surface area contributed by atoms with Crippen LogP contribution in [0.1, 0.15) is 155 Å². The molecule has 0 spiro atoms. The van der Waals surface area contributed by atoms with Gasteiger partial charge in [0.05, 0.1) is 0 Å². The molecule has 0 saturated carbocycles. The molecule has 1 N–H and O–H groups in total. The van der Waals surface area contributed by atoms with Gasteiger partial charge < -0.3 is 5.32 Å². The van der Waals surface area contributed by atoms with Crippen LogP contribution >= 0.6 is 0 Å². The van der Waals surface area contributed by atoms with Crippen LogP contribution in [-0.4, -0.2) is 0 Å². The first-order valence-corrected chi connectivity index (χ1v) is 17.8. The summed E-state index contributed by atoms with van der Waals surface area (Å²) < 4.78 is 0. The molecular formula is C46H59N. The molecule has 4 aromatic rings. The average Bonchev–Trinajstić information content (AvgIpc) is 3.29. The van der Waals surface area contributed by atoms with E-state index in [1.165, 1.54) is 66.8 Å². The Balaban J connectivity index is 1.43. The molecule has 1 heteroatoms. The van der Waals surface area contributed by atoms with Gasteiger partial charge in [-0.25, -0.2) is 0 Å². The zero-order valence-corrected chi connectivity index (χ0v) is 32.3. The number of benzene rings is 4. The van der Waals surface area contributed by atoms with Crippen LogP contribution in [0, 0.1) is 0 Å². The van der Waals surface area contributed by atoms with E-state index in [4.69, 9.17) is 0 Å². The van der Waals surface area contributed by atoms with E-state index in [1.807, 2.05) is 0 Å². The van der Waals surface area contributed by atoms with Crippen LogP contribution in [0.25, 0.3) is 22.3 Å². The highest BCUT2D eigenvalue weighted by Gasteiger charge is 2.42. The van der Waals surface area contributed by atoms with Gasteiger partial charge in [-0.2, -0.15) is 0 Å². The third-order valence-corrected chi connectivity index (χ3v) is 11.1. The maximum absolute atomic E-state index is 3.85. The first-order chi connectivity index (χ1) is 21.3. The predicted octanol–water partition coefficient (Wildman–Crippen LogP) is 13.2. The molecule has 0 saturated heterocycles. The predicted molar refractivity (Wildman–Crippen MR) is 206 cm³/mol. The van der Waals surface area contributed by atoms with Gasteiger partial charge in [-0.15, -0.1) is 0 Å². The Morgan fingerprint density at radius 1 is 0.404 bits per heavy atom. The average molecular weight is 626 g/mol. The van der Waals surface area contributed by atoms with Gasteiger partial charge in [-0.05, 0) is 113 Å². The first kappa shape index (κ1) is 33.6. The molecule has 248 valence electrons. The lowest BCUT2D eigenvalue weighted by Gasteiger charge is -2.33. The smallest absolute Gasteiger partial charge is 0.0387 e. The van der Waals surface area contributed by atoms with Crippen LogP contribution in [0.15, 0.2) is 60.7 Å². The molecule has 0 unspecified atom stereocenters. The minimum absolute atomic E-state index is 0.0566. The van der Waals surface area contributed by atoms with E-state index in [0.29, 0.717) is 0 Å². The van der Waals surface area contributed by atoms with Crippen molar-refractivity contribution in [2.75, 3.05) is 5.32 Å². The summed E-state index contributed by atoms with van der Waals surface area (Å²) in [5, 5.41) is 3.85. The summed E-state index contributed by atoms with van der Waals surface area (Å²) in [5.41, 5.74) is 19.6. The number of nitrogens with one attached hydrogen (secondary N) is 1. The number of anilines is 2.